The van der Waals surface area contributed by atoms with Crippen LogP contribution in [0.25, 0.3) is 0 Å². The summed E-state index contributed by atoms with van der Waals surface area (Å²) in [6.45, 7) is 9.97. The van der Waals surface area contributed by atoms with Gasteiger partial charge in [-0.15, -0.1) is 5.54 Å². The molecule has 0 atom stereocenters. The number of rotatable bonds is 6. The standard InChI is InChI=1S/C19H26O4Si/c1-6-22-17(20)19(18(21)23-7-2,13-14-24(3,4)5)15-16-11-9-8-10-12-16/h8-12H,6-7,15H2,1-5H3. The molecule has 130 valence electrons. The van der Waals surface area contributed by atoms with Crippen LogP contribution in [0.3, 0.4) is 0 Å². The molecule has 0 N–H and O–H groups in total. The van der Waals surface area contributed by atoms with Crippen LogP contribution in [-0.2, 0) is 25.5 Å². The molecule has 0 saturated carbocycles. The summed E-state index contributed by atoms with van der Waals surface area (Å²) < 4.78 is 10.4. The fourth-order valence-electron chi connectivity index (χ4n) is 2.08. The van der Waals surface area contributed by atoms with Crippen molar-refractivity contribution in [3.63, 3.8) is 0 Å². The van der Waals surface area contributed by atoms with E-state index in [-0.39, 0.29) is 19.6 Å². The number of benzene rings is 1. The Morgan fingerprint density at radius 3 is 1.92 bits per heavy atom. The van der Waals surface area contributed by atoms with Crippen LogP contribution in [0.4, 0.5) is 0 Å². The van der Waals surface area contributed by atoms with E-state index in [1.54, 1.807) is 13.8 Å². The van der Waals surface area contributed by atoms with E-state index in [0.29, 0.717) is 0 Å². The molecule has 0 radical (unpaired) electrons. The molecule has 4 nitrogen and oxygen atoms in total. The average Bonchev–Trinajstić information content (AvgIpc) is 2.52. The van der Waals surface area contributed by atoms with Gasteiger partial charge < -0.3 is 9.47 Å². The van der Waals surface area contributed by atoms with Crippen LogP contribution < -0.4 is 0 Å². The first kappa shape index (κ1) is 20.0. The topological polar surface area (TPSA) is 52.6 Å². The SMILES string of the molecule is CCOC(=O)C(C#C[Si](C)(C)C)(Cc1ccccc1)C(=O)OCC. The molecule has 0 aliphatic rings. The zero-order chi connectivity index (χ0) is 18.2. The third-order valence-corrected chi connectivity index (χ3v) is 4.09. The molecule has 1 rings (SSSR count). The van der Waals surface area contributed by atoms with Crippen molar-refractivity contribution >= 4 is 20.0 Å². The molecule has 1 aromatic rings. The van der Waals surface area contributed by atoms with Gasteiger partial charge in [0.15, 0.2) is 0 Å². The van der Waals surface area contributed by atoms with Crippen molar-refractivity contribution in [3.8, 4) is 11.5 Å². The molecule has 0 fully saturated rings. The van der Waals surface area contributed by atoms with Gasteiger partial charge in [0.1, 0.15) is 8.07 Å². The number of esters is 2. The van der Waals surface area contributed by atoms with Crippen LogP contribution in [0.15, 0.2) is 30.3 Å². The lowest BCUT2D eigenvalue weighted by atomic mass is 9.82. The van der Waals surface area contributed by atoms with E-state index in [1.807, 2.05) is 30.3 Å². The van der Waals surface area contributed by atoms with Crippen LogP contribution in [-0.4, -0.2) is 33.2 Å². The number of carbonyl (C=O) groups is 2. The Labute approximate surface area is 145 Å². The molecule has 0 aliphatic carbocycles. The van der Waals surface area contributed by atoms with Crippen LogP contribution in [0.1, 0.15) is 19.4 Å². The predicted molar refractivity (Wildman–Crippen MR) is 97.0 cm³/mol. The van der Waals surface area contributed by atoms with E-state index in [0.717, 1.165) is 5.56 Å². The van der Waals surface area contributed by atoms with Crippen LogP contribution in [0.2, 0.25) is 19.6 Å². The molecule has 0 aromatic heterocycles. The summed E-state index contributed by atoms with van der Waals surface area (Å²) in [5, 5.41) is 0. The van der Waals surface area contributed by atoms with Crippen molar-refractivity contribution < 1.29 is 19.1 Å². The third-order valence-electron chi connectivity index (χ3n) is 3.21. The minimum absolute atomic E-state index is 0.142. The van der Waals surface area contributed by atoms with E-state index in [4.69, 9.17) is 9.47 Å². The Bertz CT molecular complexity index is 602. The average molecular weight is 346 g/mol. The molecule has 0 heterocycles. The number of carbonyl (C=O) groups excluding carboxylic acids is 2. The number of hydrogen-bond acceptors (Lipinski definition) is 4. The van der Waals surface area contributed by atoms with Gasteiger partial charge in [-0.25, -0.2) is 9.59 Å². The smallest absolute Gasteiger partial charge is 0.336 e. The van der Waals surface area contributed by atoms with E-state index in [9.17, 15) is 9.59 Å². The first-order valence-electron chi connectivity index (χ1n) is 8.18. The Morgan fingerprint density at radius 1 is 1.00 bits per heavy atom. The number of ether oxygens (including phenoxy) is 2. The summed E-state index contributed by atoms with van der Waals surface area (Å²) in [4.78, 5) is 25.4. The molecule has 0 unspecified atom stereocenters. The Balaban J connectivity index is 3.43. The summed E-state index contributed by atoms with van der Waals surface area (Å²) >= 11 is 0. The van der Waals surface area contributed by atoms with Gasteiger partial charge in [-0.2, -0.15) is 0 Å². The first-order chi connectivity index (χ1) is 11.2. The van der Waals surface area contributed by atoms with Gasteiger partial charge >= 0.3 is 11.9 Å². The van der Waals surface area contributed by atoms with E-state index in [2.05, 4.69) is 31.1 Å². The summed E-state index contributed by atoms with van der Waals surface area (Å²) in [6.07, 6.45) is 0.142. The van der Waals surface area contributed by atoms with Crippen molar-refractivity contribution in [2.45, 2.75) is 39.9 Å². The van der Waals surface area contributed by atoms with Crippen LogP contribution in [0.5, 0.6) is 0 Å². The molecular weight excluding hydrogens is 320 g/mol. The van der Waals surface area contributed by atoms with Gasteiger partial charge in [-0.1, -0.05) is 55.9 Å². The molecular formula is C19H26O4Si. The normalized spacial score (nSPS) is 11.2. The highest BCUT2D eigenvalue weighted by Gasteiger charge is 2.48. The summed E-state index contributed by atoms with van der Waals surface area (Å²) in [6, 6.07) is 9.34. The lowest BCUT2D eigenvalue weighted by Crippen LogP contribution is -2.43. The second-order valence-electron chi connectivity index (χ2n) is 6.51. The minimum atomic E-state index is -1.80. The fourth-order valence-corrected chi connectivity index (χ4v) is 2.67. The van der Waals surface area contributed by atoms with E-state index >= 15 is 0 Å². The highest BCUT2D eigenvalue weighted by molar-refractivity contribution is 6.83. The largest absolute Gasteiger partial charge is 0.464 e. The molecule has 0 saturated heterocycles. The van der Waals surface area contributed by atoms with Crippen molar-refractivity contribution in [2.75, 3.05) is 13.2 Å². The predicted octanol–water partition coefficient (Wildman–Crippen LogP) is 3.22. The molecule has 0 amide bonds. The zero-order valence-electron chi connectivity index (χ0n) is 15.1. The van der Waals surface area contributed by atoms with Crippen molar-refractivity contribution in [2.24, 2.45) is 5.41 Å². The van der Waals surface area contributed by atoms with Crippen LogP contribution >= 0.6 is 0 Å². The first-order valence-corrected chi connectivity index (χ1v) is 11.7. The molecule has 0 aliphatic heterocycles. The van der Waals surface area contributed by atoms with Crippen molar-refractivity contribution in [3.05, 3.63) is 35.9 Å². The monoisotopic (exact) mass is 346 g/mol. The highest BCUT2D eigenvalue weighted by Crippen LogP contribution is 2.27. The van der Waals surface area contributed by atoms with Gasteiger partial charge in [-0.3, -0.25) is 0 Å². The summed E-state index contributed by atoms with van der Waals surface area (Å²) in [5.74, 6) is 1.67. The fraction of sp³-hybridized carbons (Fsp3) is 0.474. The lowest BCUT2D eigenvalue weighted by Gasteiger charge is -2.25. The zero-order valence-corrected chi connectivity index (χ0v) is 16.1. The number of hydrogen-bond donors (Lipinski definition) is 0. The van der Waals surface area contributed by atoms with Gasteiger partial charge in [0.25, 0.3) is 0 Å². The third kappa shape index (κ3) is 5.54. The summed E-state index contributed by atoms with van der Waals surface area (Å²) in [5.41, 5.74) is 2.37. The van der Waals surface area contributed by atoms with E-state index < -0.39 is 25.4 Å². The summed E-state index contributed by atoms with van der Waals surface area (Å²) in [7, 11) is -1.80. The second-order valence-corrected chi connectivity index (χ2v) is 11.3. The maximum Gasteiger partial charge on any atom is 0.336 e. The molecule has 5 heteroatoms. The molecule has 1 aromatic carbocycles. The van der Waals surface area contributed by atoms with Gasteiger partial charge in [-0.05, 0) is 19.4 Å². The molecule has 0 bridgehead atoms. The Morgan fingerprint density at radius 2 is 1.50 bits per heavy atom. The van der Waals surface area contributed by atoms with Gasteiger partial charge in [0, 0.05) is 6.42 Å². The van der Waals surface area contributed by atoms with Crippen molar-refractivity contribution in [1.82, 2.24) is 0 Å². The van der Waals surface area contributed by atoms with E-state index in [1.165, 1.54) is 0 Å². The minimum Gasteiger partial charge on any atom is -0.464 e. The Hall–Kier alpha value is -2.06. The lowest BCUT2D eigenvalue weighted by molar-refractivity contribution is -0.167. The van der Waals surface area contributed by atoms with Gasteiger partial charge in [0.05, 0.1) is 13.2 Å². The van der Waals surface area contributed by atoms with Crippen LogP contribution in [0, 0.1) is 16.9 Å². The molecule has 0 spiro atoms. The van der Waals surface area contributed by atoms with Crippen molar-refractivity contribution in [1.29, 1.82) is 0 Å². The maximum atomic E-state index is 12.7. The highest BCUT2D eigenvalue weighted by atomic mass is 28.3. The quantitative estimate of drug-likeness (QED) is 0.343. The maximum absolute atomic E-state index is 12.7. The Kier molecular flexibility index (Phi) is 7.24. The van der Waals surface area contributed by atoms with Gasteiger partial charge in [0.2, 0.25) is 5.41 Å². The molecule has 24 heavy (non-hydrogen) atoms. The second kappa shape index (κ2) is 8.70.